The number of ether oxygens (including phenoxy) is 1. The molecule has 0 aromatic heterocycles. The van der Waals surface area contributed by atoms with Gasteiger partial charge in [-0.25, -0.2) is 0 Å². The second kappa shape index (κ2) is 14.8. The van der Waals surface area contributed by atoms with Gasteiger partial charge in [0.15, 0.2) is 0 Å². The summed E-state index contributed by atoms with van der Waals surface area (Å²) in [5, 5.41) is 6.12. The predicted octanol–water partition coefficient (Wildman–Crippen LogP) is 5.35. The Labute approximate surface area is 224 Å². The number of nitrogens with zero attached hydrogens (tertiary/aromatic N) is 1. The van der Waals surface area contributed by atoms with E-state index < -0.39 is 11.6 Å². The highest BCUT2D eigenvalue weighted by Gasteiger charge is 2.29. The molecule has 2 amide bonds. The van der Waals surface area contributed by atoms with Crippen molar-refractivity contribution in [1.29, 1.82) is 0 Å². The first-order chi connectivity index (χ1) is 17.5. The number of amides is 2. The third kappa shape index (κ3) is 11.4. The van der Waals surface area contributed by atoms with Crippen LogP contribution in [0.4, 0.5) is 0 Å². The monoisotopic (exact) mass is 509 g/mol. The molecule has 0 saturated carbocycles. The summed E-state index contributed by atoms with van der Waals surface area (Å²) >= 11 is 0. The molecule has 2 aromatic carbocycles. The molecule has 0 spiro atoms. The molecular formula is C31H47N3O3. The lowest BCUT2D eigenvalue weighted by Gasteiger charge is -2.30. The SMILES string of the molecule is CCC[C@H](C(=O)N[C@@H](Cc1ccc(OCc2ccccc2)cc1)C(=O)NC(C)(C)C)N(C)CCC(C)C. The lowest BCUT2D eigenvalue weighted by Crippen LogP contribution is -2.56. The Morgan fingerprint density at radius 3 is 2.14 bits per heavy atom. The highest BCUT2D eigenvalue weighted by atomic mass is 16.5. The molecule has 0 bridgehead atoms. The fourth-order valence-electron chi connectivity index (χ4n) is 4.08. The summed E-state index contributed by atoms with van der Waals surface area (Å²) in [5.74, 6) is 1.06. The van der Waals surface area contributed by atoms with Gasteiger partial charge in [-0.15, -0.1) is 0 Å². The Hall–Kier alpha value is -2.86. The van der Waals surface area contributed by atoms with E-state index in [-0.39, 0.29) is 17.9 Å². The normalized spacial score (nSPS) is 13.3. The molecule has 2 N–H and O–H groups in total. The third-order valence-corrected chi connectivity index (χ3v) is 6.20. The molecule has 0 aliphatic heterocycles. The van der Waals surface area contributed by atoms with E-state index in [9.17, 15) is 9.59 Å². The molecule has 0 heterocycles. The van der Waals surface area contributed by atoms with Crippen LogP contribution >= 0.6 is 0 Å². The minimum Gasteiger partial charge on any atom is -0.489 e. The van der Waals surface area contributed by atoms with E-state index in [2.05, 4.69) is 36.3 Å². The molecule has 2 rings (SSSR count). The van der Waals surface area contributed by atoms with Crippen molar-refractivity contribution in [2.75, 3.05) is 13.6 Å². The minimum atomic E-state index is -0.666. The van der Waals surface area contributed by atoms with Crippen LogP contribution in [0.3, 0.4) is 0 Å². The lowest BCUT2D eigenvalue weighted by atomic mass is 10.0. The predicted molar refractivity (Wildman–Crippen MR) is 152 cm³/mol. The summed E-state index contributed by atoms with van der Waals surface area (Å²) in [6.45, 7) is 13.6. The van der Waals surface area contributed by atoms with E-state index in [1.54, 1.807) is 0 Å². The van der Waals surface area contributed by atoms with Gasteiger partial charge in [-0.2, -0.15) is 0 Å². The molecule has 0 aliphatic carbocycles. The van der Waals surface area contributed by atoms with Gasteiger partial charge in [-0.05, 0) is 76.4 Å². The molecule has 0 radical (unpaired) electrons. The molecule has 0 unspecified atom stereocenters. The topological polar surface area (TPSA) is 70.7 Å². The number of rotatable bonds is 14. The first-order valence-electron chi connectivity index (χ1n) is 13.6. The summed E-state index contributed by atoms with van der Waals surface area (Å²) in [7, 11) is 2.00. The van der Waals surface area contributed by atoms with E-state index in [1.165, 1.54) is 0 Å². The zero-order valence-electron chi connectivity index (χ0n) is 23.8. The maximum absolute atomic E-state index is 13.4. The van der Waals surface area contributed by atoms with Crippen molar-refractivity contribution in [1.82, 2.24) is 15.5 Å². The van der Waals surface area contributed by atoms with Crippen molar-refractivity contribution in [2.24, 2.45) is 5.92 Å². The maximum Gasteiger partial charge on any atom is 0.243 e. The van der Waals surface area contributed by atoms with Gasteiger partial charge in [0, 0.05) is 12.0 Å². The lowest BCUT2D eigenvalue weighted by molar-refractivity contribution is -0.132. The van der Waals surface area contributed by atoms with Gasteiger partial charge in [-0.1, -0.05) is 69.7 Å². The fourth-order valence-corrected chi connectivity index (χ4v) is 4.08. The van der Waals surface area contributed by atoms with Gasteiger partial charge < -0.3 is 15.4 Å². The van der Waals surface area contributed by atoms with Crippen LogP contribution in [0.2, 0.25) is 0 Å². The quantitative estimate of drug-likeness (QED) is 0.360. The van der Waals surface area contributed by atoms with Crippen LogP contribution in [-0.4, -0.2) is 47.9 Å². The number of nitrogens with one attached hydrogen (secondary N) is 2. The Morgan fingerprint density at radius 2 is 1.57 bits per heavy atom. The number of hydrogen-bond acceptors (Lipinski definition) is 4. The molecule has 0 fully saturated rings. The van der Waals surface area contributed by atoms with Gasteiger partial charge >= 0.3 is 0 Å². The van der Waals surface area contributed by atoms with Gasteiger partial charge in [0.25, 0.3) is 0 Å². The molecule has 204 valence electrons. The van der Waals surface area contributed by atoms with Crippen LogP contribution in [0.25, 0.3) is 0 Å². The molecule has 37 heavy (non-hydrogen) atoms. The van der Waals surface area contributed by atoms with Crippen molar-refractivity contribution in [3.8, 4) is 5.75 Å². The summed E-state index contributed by atoms with van der Waals surface area (Å²) in [5.41, 5.74) is 1.67. The highest BCUT2D eigenvalue weighted by Crippen LogP contribution is 2.17. The van der Waals surface area contributed by atoms with Crippen LogP contribution in [0.1, 0.15) is 71.9 Å². The maximum atomic E-state index is 13.4. The van der Waals surface area contributed by atoms with Crippen LogP contribution < -0.4 is 15.4 Å². The van der Waals surface area contributed by atoms with Crippen LogP contribution in [0.15, 0.2) is 54.6 Å². The average Bonchev–Trinajstić information content (AvgIpc) is 2.84. The zero-order valence-corrected chi connectivity index (χ0v) is 23.8. The summed E-state index contributed by atoms with van der Waals surface area (Å²) in [4.78, 5) is 28.8. The summed E-state index contributed by atoms with van der Waals surface area (Å²) < 4.78 is 5.90. The standard InChI is InChI=1S/C31H47N3O3/c1-8-12-28(34(7)20-19-23(2)3)30(36)32-27(29(35)33-31(4,5)6)21-24-15-17-26(18-16-24)37-22-25-13-10-9-11-14-25/h9-11,13-18,23,27-28H,8,12,19-22H2,1-7H3,(H,32,36)(H,33,35)/t27-,28+/m0/s1. The molecule has 6 nitrogen and oxygen atoms in total. The zero-order chi connectivity index (χ0) is 27.4. The Bertz CT molecular complexity index is 952. The van der Waals surface area contributed by atoms with E-state index >= 15 is 0 Å². The van der Waals surface area contributed by atoms with Gasteiger partial charge in [0.05, 0.1) is 6.04 Å². The van der Waals surface area contributed by atoms with E-state index in [4.69, 9.17) is 4.74 Å². The molecule has 0 saturated heterocycles. The smallest absolute Gasteiger partial charge is 0.243 e. The molecular weight excluding hydrogens is 462 g/mol. The van der Waals surface area contributed by atoms with Crippen molar-refractivity contribution in [2.45, 2.75) is 91.5 Å². The van der Waals surface area contributed by atoms with Crippen LogP contribution in [0, 0.1) is 5.92 Å². The molecule has 0 aliphatic rings. The van der Waals surface area contributed by atoms with Gasteiger partial charge in [0.2, 0.25) is 11.8 Å². The van der Waals surface area contributed by atoms with Crippen LogP contribution in [-0.2, 0) is 22.6 Å². The molecule has 2 atom stereocenters. The number of carbonyl (C=O) groups is 2. The van der Waals surface area contributed by atoms with Crippen molar-refractivity contribution >= 4 is 11.8 Å². The Morgan fingerprint density at radius 1 is 0.919 bits per heavy atom. The number of benzene rings is 2. The van der Waals surface area contributed by atoms with Gasteiger partial charge in [0.1, 0.15) is 18.4 Å². The largest absolute Gasteiger partial charge is 0.489 e. The first-order valence-corrected chi connectivity index (χ1v) is 13.6. The Balaban J connectivity index is 2.11. The van der Waals surface area contributed by atoms with Crippen molar-refractivity contribution < 1.29 is 14.3 Å². The molecule has 6 heteroatoms. The summed E-state index contributed by atoms with van der Waals surface area (Å²) in [6, 6.07) is 16.8. The van der Waals surface area contributed by atoms with E-state index in [1.807, 2.05) is 82.4 Å². The third-order valence-electron chi connectivity index (χ3n) is 6.20. The first kappa shape index (κ1) is 30.4. The van der Waals surface area contributed by atoms with Gasteiger partial charge in [-0.3, -0.25) is 14.5 Å². The van der Waals surface area contributed by atoms with Crippen molar-refractivity contribution in [3.63, 3.8) is 0 Å². The number of likely N-dealkylation sites (N-methyl/N-ethyl adjacent to an activating group) is 1. The van der Waals surface area contributed by atoms with E-state index in [0.717, 1.165) is 42.7 Å². The highest BCUT2D eigenvalue weighted by molar-refractivity contribution is 5.90. The Kier molecular flexibility index (Phi) is 12.1. The second-order valence-corrected chi connectivity index (χ2v) is 11.4. The van der Waals surface area contributed by atoms with Crippen molar-refractivity contribution in [3.05, 3.63) is 65.7 Å². The fraction of sp³-hybridized carbons (Fsp3) is 0.548. The second-order valence-electron chi connectivity index (χ2n) is 11.4. The minimum absolute atomic E-state index is 0.0926. The van der Waals surface area contributed by atoms with E-state index in [0.29, 0.717) is 18.9 Å². The summed E-state index contributed by atoms with van der Waals surface area (Å²) in [6.07, 6.45) is 3.08. The molecule has 2 aromatic rings. The number of hydrogen-bond donors (Lipinski definition) is 2. The average molecular weight is 510 g/mol. The van der Waals surface area contributed by atoms with Crippen LogP contribution in [0.5, 0.6) is 5.75 Å². The number of carbonyl (C=O) groups excluding carboxylic acids is 2.